The van der Waals surface area contributed by atoms with Gasteiger partial charge in [0.2, 0.25) is 0 Å². The maximum absolute atomic E-state index is 13.4. The second-order valence-electron chi connectivity index (χ2n) is 7.62. The number of rotatable bonds is 9. The lowest BCUT2D eigenvalue weighted by molar-refractivity contribution is 0.170. The van der Waals surface area contributed by atoms with E-state index in [1.807, 2.05) is 0 Å². The van der Waals surface area contributed by atoms with Crippen LogP contribution in [0.4, 0.5) is 0 Å². The number of pyridine rings is 1. The van der Waals surface area contributed by atoms with Gasteiger partial charge in [0.1, 0.15) is 29.0 Å². The van der Waals surface area contributed by atoms with Crippen LogP contribution in [0.1, 0.15) is 24.5 Å². The molecule has 0 saturated heterocycles. The summed E-state index contributed by atoms with van der Waals surface area (Å²) in [5.74, 6) is 0.819. The third-order valence-electron chi connectivity index (χ3n) is 5.50. The van der Waals surface area contributed by atoms with Crippen LogP contribution < -0.4 is 9.47 Å². The summed E-state index contributed by atoms with van der Waals surface area (Å²) in [6.45, 7) is 1.42. The van der Waals surface area contributed by atoms with E-state index >= 15 is 0 Å². The fourth-order valence-electron chi connectivity index (χ4n) is 3.59. The number of aliphatic hydroxyl groups excluding tert-OH is 1. The van der Waals surface area contributed by atoms with Crippen LogP contribution in [0.2, 0.25) is 0 Å². The third kappa shape index (κ3) is 4.84. The van der Waals surface area contributed by atoms with Crippen molar-refractivity contribution in [1.29, 1.82) is 0 Å². The molecular weight excluding hydrogens is 472 g/mol. The number of sulfone groups is 1. The highest BCUT2D eigenvalue weighted by Gasteiger charge is 2.33. The fourth-order valence-corrected chi connectivity index (χ4v) is 4.93. The standard InChI is InChI=1S/C23H24N6O5S/c1-15(22(30)17-13-25-10-11-26-17)35(31,32)14-20-27-28-23(16-6-5-9-24-12-16)29(20)21-18(33-2)7-4-8-19(21)34-3/h4-13,15,22,30H,14H2,1-3H3/t15-,22-/m0/s1. The Morgan fingerprint density at radius 2 is 1.69 bits per heavy atom. The number of aliphatic hydroxyl groups is 1. The molecule has 0 saturated carbocycles. The summed E-state index contributed by atoms with van der Waals surface area (Å²) in [5, 5.41) is 18.0. The SMILES string of the molecule is COc1cccc(OC)c1-n1c(CS(=O)(=O)[C@@H](C)[C@H](O)c2cnccn2)nnc1-c1cccnc1. The quantitative estimate of drug-likeness (QED) is 0.366. The van der Waals surface area contributed by atoms with Crippen molar-refractivity contribution in [3.05, 3.63) is 72.8 Å². The van der Waals surface area contributed by atoms with Gasteiger partial charge in [-0.15, -0.1) is 10.2 Å². The molecule has 0 unspecified atom stereocenters. The van der Waals surface area contributed by atoms with Gasteiger partial charge in [-0.3, -0.25) is 19.5 Å². The lowest BCUT2D eigenvalue weighted by Crippen LogP contribution is -2.28. The summed E-state index contributed by atoms with van der Waals surface area (Å²) in [4.78, 5) is 12.1. The number of benzene rings is 1. The lowest BCUT2D eigenvalue weighted by Gasteiger charge is -2.20. The van der Waals surface area contributed by atoms with Crippen molar-refractivity contribution in [2.45, 2.75) is 24.0 Å². The van der Waals surface area contributed by atoms with Crippen molar-refractivity contribution in [2.75, 3.05) is 14.2 Å². The molecule has 182 valence electrons. The summed E-state index contributed by atoms with van der Waals surface area (Å²) < 4.78 is 39.5. The fraction of sp³-hybridized carbons (Fsp3) is 0.261. The Bertz CT molecular complexity index is 1370. The maximum atomic E-state index is 13.4. The number of hydrogen-bond acceptors (Lipinski definition) is 10. The van der Waals surface area contributed by atoms with Gasteiger partial charge in [0.15, 0.2) is 21.5 Å². The minimum absolute atomic E-state index is 0.116. The molecule has 0 aliphatic rings. The highest BCUT2D eigenvalue weighted by atomic mass is 32.2. The minimum Gasteiger partial charge on any atom is -0.494 e. The Balaban J connectivity index is 1.83. The number of para-hydroxylation sites is 1. The maximum Gasteiger partial charge on any atom is 0.170 e. The first kappa shape index (κ1) is 24.2. The van der Waals surface area contributed by atoms with E-state index in [4.69, 9.17) is 9.47 Å². The number of methoxy groups -OCH3 is 2. The van der Waals surface area contributed by atoms with E-state index in [1.165, 1.54) is 39.7 Å². The molecule has 0 spiro atoms. The number of nitrogens with zero attached hydrogens (tertiary/aromatic N) is 6. The Labute approximate surface area is 202 Å². The molecule has 12 heteroatoms. The average molecular weight is 497 g/mol. The number of hydrogen-bond donors (Lipinski definition) is 1. The second-order valence-corrected chi connectivity index (χ2v) is 9.97. The molecule has 1 aromatic carbocycles. The zero-order valence-electron chi connectivity index (χ0n) is 19.3. The molecular formula is C23H24N6O5S. The lowest BCUT2D eigenvalue weighted by atomic mass is 10.2. The first-order chi connectivity index (χ1) is 16.9. The van der Waals surface area contributed by atoms with Gasteiger partial charge in [0, 0.05) is 30.4 Å². The Kier molecular flexibility index (Phi) is 7.03. The van der Waals surface area contributed by atoms with Gasteiger partial charge in [0.05, 0.1) is 31.4 Å². The Morgan fingerprint density at radius 1 is 0.971 bits per heavy atom. The van der Waals surface area contributed by atoms with Crippen LogP contribution in [-0.4, -0.2) is 62.7 Å². The monoisotopic (exact) mass is 496 g/mol. The molecule has 3 aromatic heterocycles. The van der Waals surface area contributed by atoms with Crippen LogP contribution in [0.3, 0.4) is 0 Å². The largest absolute Gasteiger partial charge is 0.494 e. The third-order valence-corrected chi connectivity index (χ3v) is 7.55. The van der Waals surface area contributed by atoms with E-state index in [0.717, 1.165) is 0 Å². The topological polar surface area (TPSA) is 142 Å². The van der Waals surface area contributed by atoms with Gasteiger partial charge >= 0.3 is 0 Å². The summed E-state index contributed by atoms with van der Waals surface area (Å²) in [6, 6.07) is 8.73. The van der Waals surface area contributed by atoms with Crippen molar-refractivity contribution in [3.8, 4) is 28.6 Å². The number of aromatic nitrogens is 6. The van der Waals surface area contributed by atoms with E-state index in [2.05, 4.69) is 25.1 Å². The Hall–Kier alpha value is -3.90. The van der Waals surface area contributed by atoms with Crippen molar-refractivity contribution in [3.63, 3.8) is 0 Å². The van der Waals surface area contributed by atoms with Crippen LogP contribution in [0.15, 0.2) is 61.3 Å². The predicted octanol–water partition coefficient (Wildman–Crippen LogP) is 2.17. The molecule has 4 aromatic rings. The van der Waals surface area contributed by atoms with E-state index in [9.17, 15) is 13.5 Å². The van der Waals surface area contributed by atoms with Crippen molar-refractivity contribution >= 4 is 9.84 Å². The molecule has 4 rings (SSSR count). The average Bonchev–Trinajstić information content (AvgIpc) is 3.30. The second kappa shape index (κ2) is 10.2. The summed E-state index contributed by atoms with van der Waals surface area (Å²) in [5.41, 5.74) is 1.21. The van der Waals surface area contributed by atoms with Gasteiger partial charge in [-0.2, -0.15) is 0 Å². The Morgan fingerprint density at radius 3 is 2.29 bits per heavy atom. The van der Waals surface area contributed by atoms with E-state index in [-0.39, 0.29) is 11.5 Å². The molecule has 1 N–H and O–H groups in total. The van der Waals surface area contributed by atoms with E-state index < -0.39 is 26.9 Å². The molecule has 0 fully saturated rings. The first-order valence-corrected chi connectivity index (χ1v) is 12.3. The molecule has 2 atom stereocenters. The van der Waals surface area contributed by atoms with Crippen molar-refractivity contribution < 1.29 is 23.0 Å². The highest BCUT2D eigenvalue weighted by Crippen LogP contribution is 2.37. The van der Waals surface area contributed by atoms with Gasteiger partial charge in [0.25, 0.3) is 0 Å². The molecule has 0 aliphatic heterocycles. The van der Waals surface area contributed by atoms with Crippen LogP contribution in [-0.2, 0) is 15.6 Å². The van der Waals surface area contributed by atoms with Crippen LogP contribution in [0, 0.1) is 0 Å². The zero-order chi connectivity index (χ0) is 25.0. The van der Waals surface area contributed by atoms with Gasteiger partial charge in [-0.05, 0) is 31.2 Å². The summed E-state index contributed by atoms with van der Waals surface area (Å²) >= 11 is 0. The first-order valence-electron chi connectivity index (χ1n) is 10.6. The van der Waals surface area contributed by atoms with E-state index in [1.54, 1.807) is 47.3 Å². The van der Waals surface area contributed by atoms with Crippen molar-refractivity contribution in [2.24, 2.45) is 0 Å². The zero-order valence-corrected chi connectivity index (χ0v) is 20.1. The van der Waals surface area contributed by atoms with Gasteiger partial charge in [-0.1, -0.05) is 6.07 Å². The normalized spacial score (nSPS) is 13.3. The molecule has 0 bridgehead atoms. The summed E-state index contributed by atoms with van der Waals surface area (Å²) in [6.07, 6.45) is 6.01. The molecule has 0 amide bonds. The van der Waals surface area contributed by atoms with Crippen LogP contribution in [0.5, 0.6) is 11.5 Å². The summed E-state index contributed by atoms with van der Waals surface area (Å²) in [7, 11) is -0.933. The number of ether oxygens (including phenoxy) is 2. The van der Waals surface area contributed by atoms with Crippen molar-refractivity contribution in [1.82, 2.24) is 29.7 Å². The smallest absolute Gasteiger partial charge is 0.170 e. The molecule has 3 heterocycles. The highest BCUT2D eigenvalue weighted by molar-refractivity contribution is 7.91. The van der Waals surface area contributed by atoms with Gasteiger partial charge in [-0.25, -0.2) is 8.42 Å². The van der Waals surface area contributed by atoms with Gasteiger partial charge < -0.3 is 14.6 Å². The minimum atomic E-state index is -3.94. The molecule has 0 aliphatic carbocycles. The van der Waals surface area contributed by atoms with Crippen LogP contribution >= 0.6 is 0 Å². The predicted molar refractivity (Wildman–Crippen MR) is 127 cm³/mol. The molecule has 35 heavy (non-hydrogen) atoms. The molecule has 0 radical (unpaired) electrons. The van der Waals surface area contributed by atoms with E-state index in [0.29, 0.717) is 28.6 Å². The van der Waals surface area contributed by atoms with Crippen LogP contribution in [0.25, 0.3) is 17.1 Å². The molecule has 11 nitrogen and oxygen atoms in total.